The molecule has 1 aliphatic rings. The van der Waals surface area contributed by atoms with Crippen LogP contribution in [0.2, 0.25) is 0 Å². The second-order valence-electron chi connectivity index (χ2n) is 6.84. The van der Waals surface area contributed by atoms with Gasteiger partial charge in [-0.1, -0.05) is 0 Å². The molecule has 0 aliphatic carbocycles. The third kappa shape index (κ3) is 2.79. The van der Waals surface area contributed by atoms with Gasteiger partial charge >= 0.3 is 0 Å². The molecule has 4 rings (SSSR count). The molecule has 4 heterocycles. The lowest BCUT2D eigenvalue weighted by Crippen LogP contribution is -2.23. The van der Waals surface area contributed by atoms with Crippen LogP contribution >= 0.6 is 0 Å². The standard InChI is InChI=1S/C18H21N7/c1-23-7-4-13(10-23)16(3-6-19)25-11-14(9-22-25)17-15-5-8-24(2)18(15)21-12-20-17/h5,8-9,11-13,16H,3-4,7,10H2,1-2H3. The van der Waals surface area contributed by atoms with Crippen molar-refractivity contribution in [2.24, 2.45) is 13.0 Å². The van der Waals surface area contributed by atoms with E-state index >= 15 is 0 Å². The fourth-order valence-corrected chi connectivity index (χ4v) is 3.80. The van der Waals surface area contributed by atoms with Gasteiger partial charge in [0.15, 0.2) is 0 Å². The van der Waals surface area contributed by atoms with Crippen LogP contribution in [0.15, 0.2) is 31.0 Å². The van der Waals surface area contributed by atoms with Crippen molar-refractivity contribution in [2.75, 3.05) is 20.1 Å². The monoisotopic (exact) mass is 335 g/mol. The van der Waals surface area contributed by atoms with E-state index in [-0.39, 0.29) is 6.04 Å². The summed E-state index contributed by atoms with van der Waals surface area (Å²) in [6.45, 7) is 2.09. The number of aromatic nitrogens is 5. The average Bonchev–Trinajstić information content (AvgIpc) is 3.33. The van der Waals surface area contributed by atoms with Crippen LogP contribution in [0.25, 0.3) is 22.3 Å². The number of hydrogen-bond donors (Lipinski definition) is 0. The van der Waals surface area contributed by atoms with Gasteiger partial charge in [-0.15, -0.1) is 0 Å². The van der Waals surface area contributed by atoms with E-state index in [9.17, 15) is 5.26 Å². The van der Waals surface area contributed by atoms with Gasteiger partial charge < -0.3 is 9.47 Å². The van der Waals surface area contributed by atoms with Crippen molar-refractivity contribution >= 4 is 11.0 Å². The summed E-state index contributed by atoms with van der Waals surface area (Å²) in [4.78, 5) is 11.1. The second kappa shape index (κ2) is 6.30. The molecule has 1 aliphatic heterocycles. The zero-order valence-electron chi connectivity index (χ0n) is 14.5. The van der Waals surface area contributed by atoms with Crippen LogP contribution in [0.4, 0.5) is 0 Å². The zero-order chi connectivity index (χ0) is 17.4. The first kappa shape index (κ1) is 15.8. The lowest BCUT2D eigenvalue weighted by Gasteiger charge is -2.21. The van der Waals surface area contributed by atoms with Crippen molar-refractivity contribution in [2.45, 2.75) is 18.9 Å². The van der Waals surface area contributed by atoms with Gasteiger partial charge in [0.2, 0.25) is 0 Å². The molecule has 25 heavy (non-hydrogen) atoms. The van der Waals surface area contributed by atoms with E-state index in [4.69, 9.17) is 0 Å². The van der Waals surface area contributed by atoms with Gasteiger partial charge in [0.1, 0.15) is 12.0 Å². The summed E-state index contributed by atoms with van der Waals surface area (Å²) in [5.74, 6) is 0.458. The van der Waals surface area contributed by atoms with Crippen LogP contribution in [0.3, 0.4) is 0 Å². The van der Waals surface area contributed by atoms with Crippen molar-refractivity contribution in [3.8, 4) is 17.3 Å². The van der Waals surface area contributed by atoms with Gasteiger partial charge in [-0.3, -0.25) is 4.68 Å². The first-order chi connectivity index (χ1) is 12.2. The predicted molar refractivity (Wildman–Crippen MR) is 94.6 cm³/mol. The van der Waals surface area contributed by atoms with Gasteiger partial charge in [-0.25, -0.2) is 9.97 Å². The first-order valence-electron chi connectivity index (χ1n) is 8.53. The van der Waals surface area contributed by atoms with Gasteiger partial charge in [0, 0.05) is 36.9 Å². The van der Waals surface area contributed by atoms with Crippen LogP contribution in [0, 0.1) is 17.2 Å². The number of fused-ring (bicyclic) bond motifs is 1. The fraction of sp³-hybridized carbons (Fsp3) is 0.444. The quantitative estimate of drug-likeness (QED) is 0.731. The van der Waals surface area contributed by atoms with Crippen molar-refractivity contribution in [1.82, 2.24) is 29.2 Å². The smallest absolute Gasteiger partial charge is 0.143 e. The summed E-state index contributed by atoms with van der Waals surface area (Å²) in [6.07, 6.45) is 9.03. The molecular formula is C18H21N7. The summed E-state index contributed by atoms with van der Waals surface area (Å²) in [5.41, 5.74) is 2.76. The highest BCUT2D eigenvalue weighted by Gasteiger charge is 2.29. The summed E-state index contributed by atoms with van der Waals surface area (Å²) < 4.78 is 3.94. The van der Waals surface area contributed by atoms with E-state index in [0.29, 0.717) is 12.3 Å². The Morgan fingerprint density at radius 1 is 1.36 bits per heavy atom. The van der Waals surface area contributed by atoms with E-state index in [1.54, 1.807) is 6.33 Å². The second-order valence-corrected chi connectivity index (χ2v) is 6.84. The Morgan fingerprint density at radius 3 is 3.00 bits per heavy atom. The Morgan fingerprint density at radius 2 is 2.24 bits per heavy atom. The van der Waals surface area contributed by atoms with Crippen LogP contribution < -0.4 is 0 Å². The van der Waals surface area contributed by atoms with Crippen LogP contribution in [0.1, 0.15) is 18.9 Å². The molecule has 128 valence electrons. The highest BCUT2D eigenvalue weighted by atomic mass is 15.3. The van der Waals surface area contributed by atoms with Gasteiger partial charge in [-0.2, -0.15) is 10.4 Å². The van der Waals surface area contributed by atoms with Crippen molar-refractivity contribution in [3.63, 3.8) is 0 Å². The van der Waals surface area contributed by atoms with Gasteiger partial charge in [-0.05, 0) is 32.0 Å². The number of nitriles is 1. The molecule has 2 atom stereocenters. The van der Waals surface area contributed by atoms with Crippen LogP contribution in [-0.2, 0) is 7.05 Å². The van der Waals surface area contributed by atoms with E-state index < -0.39 is 0 Å². The largest absolute Gasteiger partial charge is 0.335 e. The minimum atomic E-state index is 0.108. The molecule has 7 nitrogen and oxygen atoms in total. The summed E-state index contributed by atoms with van der Waals surface area (Å²) in [5, 5.41) is 14.9. The van der Waals surface area contributed by atoms with Crippen molar-refractivity contribution in [3.05, 3.63) is 31.0 Å². The summed E-state index contributed by atoms with van der Waals surface area (Å²) in [7, 11) is 4.10. The maximum Gasteiger partial charge on any atom is 0.143 e. The lowest BCUT2D eigenvalue weighted by molar-refractivity contribution is 0.301. The molecule has 0 spiro atoms. The fourth-order valence-electron chi connectivity index (χ4n) is 3.80. The number of rotatable bonds is 4. The third-order valence-corrected chi connectivity index (χ3v) is 5.15. The Labute approximate surface area is 146 Å². The Kier molecular flexibility index (Phi) is 3.98. The minimum Gasteiger partial charge on any atom is -0.335 e. The van der Waals surface area contributed by atoms with Gasteiger partial charge in [0.25, 0.3) is 0 Å². The molecule has 0 radical (unpaired) electrons. The van der Waals surface area contributed by atoms with E-state index in [1.807, 2.05) is 41.0 Å². The number of aryl methyl sites for hydroxylation is 1. The number of hydrogen-bond acceptors (Lipinski definition) is 5. The first-order valence-corrected chi connectivity index (χ1v) is 8.53. The predicted octanol–water partition coefficient (Wildman–Crippen LogP) is 2.24. The molecule has 0 bridgehead atoms. The van der Waals surface area contributed by atoms with Gasteiger partial charge in [0.05, 0.1) is 30.4 Å². The molecule has 3 aromatic heterocycles. The van der Waals surface area contributed by atoms with E-state index in [0.717, 1.165) is 41.8 Å². The van der Waals surface area contributed by atoms with Crippen molar-refractivity contribution in [1.29, 1.82) is 5.26 Å². The Bertz CT molecular complexity index is 932. The normalized spacial score (nSPS) is 19.3. The summed E-state index contributed by atoms with van der Waals surface area (Å²) >= 11 is 0. The van der Waals surface area contributed by atoms with E-state index in [1.165, 1.54) is 0 Å². The molecule has 7 heteroatoms. The molecule has 3 aromatic rings. The molecular weight excluding hydrogens is 314 g/mol. The Hall–Kier alpha value is -2.72. The number of nitrogens with zero attached hydrogens (tertiary/aromatic N) is 7. The van der Waals surface area contributed by atoms with Crippen LogP contribution in [0.5, 0.6) is 0 Å². The van der Waals surface area contributed by atoms with Crippen molar-refractivity contribution < 1.29 is 0 Å². The number of likely N-dealkylation sites (tertiary alicyclic amines) is 1. The third-order valence-electron chi connectivity index (χ3n) is 5.15. The minimum absolute atomic E-state index is 0.108. The van der Waals surface area contributed by atoms with Crippen LogP contribution in [-0.4, -0.2) is 49.4 Å². The summed E-state index contributed by atoms with van der Waals surface area (Å²) in [6, 6.07) is 4.47. The lowest BCUT2D eigenvalue weighted by atomic mass is 9.97. The zero-order valence-corrected chi connectivity index (χ0v) is 14.5. The molecule has 0 amide bonds. The highest BCUT2D eigenvalue weighted by Crippen LogP contribution is 2.31. The molecule has 0 saturated carbocycles. The molecule has 0 aromatic carbocycles. The van der Waals surface area contributed by atoms with E-state index in [2.05, 4.69) is 33.1 Å². The maximum absolute atomic E-state index is 9.26. The molecule has 0 N–H and O–H groups in total. The Balaban J connectivity index is 1.70. The maximum atomic E-state index is 9.26. The SMILES string of the molecule is CN1CCC(C(CC#N)n2cc(-c3ncnc4c3ccn4C)cn2)C1. The average molecular weight is 335 g/mol. The topological polar surface area (TPSA) is 75.6 Å². The highest BCUT2D eigenvalue weighted by molar-refractivity contribution is 5.90. The molecule has 2 unspecified atom stereocenters. The molecule has 1 saturated heterocycles. The molecule has 1 fully saturated rings.